The molecule has 0 aliphatic carbocycles. The molecule has 0 amide bonds. The quantitative estimate of drug-likeness (QED) is 0.666. The van der Waals surface area contributed by atoms with Gasteiger partial charge in [-0.25, -0.2) is 4.39 Å². The molecule has 0 saturated carbocycles. The van der Waals surface area contributed by atoms with Gasteiger partial charge < -0.3 is 16.2 Å². The number of hydrogen-bond acceptors (Lipinski definition) is 3. The van der Waals surface area contributed by atoms with Crippen LogP contribution in [0.3, 0.4) is 0 Å². The van der Waals surface area contributed by atoms with Crippen LogP contribution in [0.25, 0.3) is 0 Å². The van der Waals surface area contributed by atoms with Crippen LogP contribution in [0.2, 0.25) is 0 Å². The van der Waals surface area contributed by atoms with Gasteiger partial charge >= 0.3 is 0 Å². The van der Waals surface area contributed by atoms with Gasteiger partial charge in [0.1, 0.15) is 5.82 Å². The zero-order chi connectivity index (χ0) is 11.5. The minimum absolute atomic E-state index is 0.123. The van der Waals surface area contributed by atoms with Crippen molar-refractivity contribution in [3.8, 4) is 0 Å². The number of hydrogen-bond donors (Lipinski definition) is 3. The summed E-state index contributed by atoms with van der Waals surface area (Å²) in [7, 11) is 0. The molecule has 0 aromatic heterocycles. The summed E-state index contributed by atoms with van der Waals surface area (Å²) in [6.07, 6.45) is 1.31. The van der Waals surface area contributed by atoms with E-state index in [-0.39, 0.29) is 11.7 Å². The van der Waals surface area contributed by atoms with E-state index in [9.17, 15) is 9.50 Å². The molecule has 0 bridgehead atoms. The molecule has 1 fully saturated rings. The zero-order valence-electron chi connectivity index (χ0n) is 9.12. The molecule has 88 valence electrons. The molecule has 1 saturated heterocycles. The van der Waals surface area contributed by atoms with E-state index >= 15 is 0 Å². The molecule has 1 aromatic carbocycles. The average molecular weight is 224 g/mol. The molecule has 4 N–H and O–H groups in total. The highest BCUT2D eigenvalue weighted by Crippen LogP contribution is 2.30. The fourth-order valence-electron chi connectivity index (χ4n) is 2.20. The van der Waals surface area contributed by atoms with Crippen LogP contribution in [-0.2, 0) is 0 Å². The third-order valence-electron chi connectivity index (χ3n) is 3.15. The summed E-state index contributed by atoms with van der Waals surface area (Å²) in [4.78, 5) is 0. The summed E-state index contributed by atoms with van der Waals surface area (Å²) in [5.41, 5.74) is 6.72. The Morgan fingerprint density at radius 3 is 3.00 bits per heavy atom. The van der Waals surface area contributed by atoms with Gasteiger partial charge in [-0.3, -0.25) is 0 Å². The molecule has 1 aliphatic heterocycles. The number of nitrogens with one attached hydrogen (secondary N) is 1. The number of halogens is 1. The zero-order valence-corrected chi connectivity index (χ0v) is 9.12. The van der Waals surface area contributed by atoms with Crippen molar-refractivity contribution >= 4 is 5.69 Å². The maximum absolute atomic E-state index is 13.1. The second kappa shape index (κ2) is 4.80. The predicted octanol–water partition coefficient (Wildman–Crippen LogP) is 1.44. The minimum atomic E-state index is -0.677. The molecule has 16 heavy (non-hydrogen) atoms. The van der Waals surface area contributed by atoms with Gasteiger partial charge in [0.15, 0.2) is 0 Å². The van der Waals surface area contributed by atoms with Crippen LogP contribution in [0.15, 0.2) is 18.2 Å². The summed E-state index contributed by atoms with van der Waals surface area (Å²) < 4.78 is 13.1. The lowest BCUT2D eigenvalue weighted by Crippen LogP contribution is -2.33. The van der Waals surface area contributed by atoms with Crippen molar-refractivity contribution in [2.45, 2.75) is 18.9 Å². The SMILES string of the molecule is Nc1ccc(F)cc1C(O)C1CCCNC1. The number of aliphatic hydroxyl groups is 1. The minimum Gasteiger partial charge on any atom is -0.398 e. The fourth-order valence-corrected chi connectivity index (χ4v) is 2.20. The van der Waals surface area contributed by atoms with Crippen LogP contribution < -0.4 is 11.1 Å². The van der Waals surface area contributed by atoms with E-state index in [1.807, 2.05) is 0 Å². The molecule has 1 aliphatic rings. The molecular formula is C12H17FN2O. The fraction of sp³-hybridized carbons (Fsp3) is 0.500. The number of aliphatic hydroxyl groups excluding tert-OH is 1. The van der Waals surface area contributed by atoms with Crippen LogP contribution in [-0.4, -0.2) is 18.2 Å². The Morgan fingerprint density at radius 1 is 1.50 bits per heavy atom. The van der Waals surface area contributed by atoms with Crippen LogP contribution >= 0.6 is 0 Å². The molecule has 0 spiro atoms. The molecule has 3 nitrogen and oxygen atoms in total. The van der Waals surface area contributed by atoms with Crippen molar-refractivity contribution in [3.63, 3.8) is 0 Å². The largest absolute Gasteiger partial charge is 0.398 e. The van der Waals surface area contributed by atoms with Gasteiger partial charge in [-0.15, -0.1) is 0 Å². The third kappa shape index (κ3) is 2.33. The Morgan fingerprint density at radius 2 is 2.31 bits per heavy atom. The summed E-state index contributed by atoms with van der Waals surface area (Å²) in [5.74, 6) is -0.232. The van der Waals surface area contributed by atoms with Crippen LogP contribution in [0.1, 0.15) is 24.5 Å². The summed E-state index contributed by atoms with van der Waals surface area (Å²) in [6, 6.07) is 4.14. The molecule has 1 heterocycles. The van der Waals surface area contributed by atoms with Crippen molar-refractivity contribution in [2.24, 2.45) is 5.92 Å². The van der Waals surface area contributed by atoms with E-state index in [0.717, 1.165) is 25.9 Å². The lowest BCUT2D eigenvalue weighted by molar-refractivity contribution is 0.0925. The van der Waals surface area contributed by atoms with Gasteiger partial charge in [0.2, 0.25) is 0 Å². The van der Waals surface area contributed by atoms with Crippen LogP contribution in [0, 0.1) is 11.7 Å². The van der Waals surface area contributed by atoms with Crippen molar-refractivity contribution < 1.29 is 9.50 Å². The van der Waals surface area contributed by atoms with Crippen LogP contribution in [0.4, 0.5) is 10.1 Å². The first kappa shape index (κ1) is 11.4. The van der Waals surface area contributed by atoms with Crippen molar-refractivity contribution in [2.75, 3.05) is 18.8 Å². The van der Waals surface area contributed by atoms with Gasteiger partial charge in [0, 0.05) is 23.7 Å². The highest BCUT2D eigenvalue weighted by Gasteiger charge is 2.24. The first-order chi connectivity index (χ1) is 7.68. The summed E-state index contributed by atoms with van der Waals surface area (Å²) >= 11 is 0. The molecule has 2 atom stereocenters. The lowest BCUT2D eigenvalue weighted by Gasteiger charge is -2.28. The van der Waals surface area contributed by atoms with Crippen molar-refractivity contribution in [3.05, 3.63) is 29.6 Å². The van der Waals surface area contributed by atoms with Crippen molar-refractivity contribution in [1.82, 2.24) is 5.32 Å². The van der Waals surface area contributed by atoms with E-state index < -0.39 is 6.10 Å². The average Bonchev–Trinajstić information content (AvgIpc) is 2.32. The highest BCUT2D eigenvalue weighted by atomic mass is 19.1. The Labute approximate surface area is 94.5 Å². The number of piperidine rings is 1. The summed E-state index contributed by atoms with van der Waals surface area (Å²) in [5, 5.41) is 13.4. The molecular weight excluding hydrogens is 207 g/mol. The van der Waals surface area contributed by atoms with E-state index in [0.29, 0.717) is 11.3 Å². The van der Waals surface area contributed by atoms with Gasteiger partial charge in [0.05, 0.1) is 6.10 Å². The van der Waals surface area contributed by atoms with E-state index in [4.69, 9.17) is 5.73 Å². The van der Waals surface area contributed by atoms with Gasteiger partial charge in [-0.1, -0.05) is 0 Å². The molecule has 4 heteroatoms. The normalized spacial score (nSPS) is 23.0. The number of rotatable bonds is 2. The highest BCUT2D eigenvalue weighted by molar-refractivity contribution is 5.48. The summed E-state index contributed by atoms with van der Waals surface area (Å²) in [6.45, 7) is 1.75. The first-order valence-corrected chi connectivity index (χ1v) is 5.62. The van der Waals surface area contributed by atoms with E-state index in [2.05, 4.69) is 5.32 Å². The molecule has 1 aromatic rings. The van der Waals surface area contributed by atoms with Crippen LogP contribution in [0.5, 0.6) is 0 Å². The third-order valence-corrected chi connectivity index (χ3v) is 3.15. The lowest BCUT2D eigenvalue weighted by atomic mass is 9.89. The maximum atomic E-state index is 13.1. The number of benzene rings is 1. The Hall–Kier alpha value is -1.13. The predicted molar refractivity (Wildman–Crippen MR) is 61.4 cm³/mol. The number of anilines is 1. The number of nitrogen functional groups attached to an aromatic ring is 1. The molecule has 0 radical (unpaired) electrons. The molecule has 2 unspecified atom stereocenters. The van der Waals surface area contributed by atoms with Gasteiger partial charge in [-0.05, 0) is 37.6 Å². The monoisotopic (exact) mass is 224 g/mol. The van der Waals surface area contributed by atoms with E-state index in [1.165, 1.54) is 18.2 Å². The van der Waals surface area contributed by atoms with Gasteiger partial charge in [0.25, 0.3) is 0 Å². The Balaban J connectivity index is 2.18. The van der Waals surface area contributed by atoms with Crippen molar-refractivity contribution in [1.29, 1.82) is 0 Å². The molecule has 2 rings (SSSR count). The first-order valence-electron chi connectivity index (χ1n) is 5.62. The van der Waals surface area contributed by atoms with Gasteiger partial charge in [-0.2, -0.15) is 0 Å². The maximum Gasteiger partial charge on any atom is 0.123 e. The second-order valence-corrected chi connectivity index (χ2v) is 4.32. The Kier molecular flexibility index (Phi) is 3.41. The smallest absolute Gasteiger partial charge is 0.123 e. The second-order valence-electron chi connectivity index (χ2n) is 4.32. The standard InChI is InChI=1S/C12H17FN2O/c13-9-3-4-11(14)10(6-9)12(16)8-2-1-5-15-7-8/h3-4,6,8,12,15-16H,1-2,5,7,14H2. The Bertz CT molecular complexity index is 364. The van der Waals surface area contributed by atoms with E-state index in [1.54, 1.807) is 0 Å². The number of nitrogens with two attached hydrogens (primary N) is 1. The topological polar surface area (TPSA) is 58.3 Å².